The van der Waals surface area contributed by atoms with E-state index in [1.54, 1.807) is 78.6 Å². The summed E-state index contributed by atoms with van der Waals surface area (Å²) in [6.45, 7) is 2.14. The van der Waals surface area contributed by atoms with Crippen LogP contribution in [0.15, 0.2) is 91.3 Å². The van der Waals surface area contributed by atoms with Gasteiger partial charge in [0, 0.05) is 49.6 Å². The number of para-hydroxylation sites is 2. The number of carboxylic acids is 1. The van der Waals surface area contributed by atoms with Gasteiger partial charge >= 0.3 is 5.97 Å². The number of aromatic nitrogens is 9. The highest BCUT2D eigenvalue weighted by Crippen LogP contribution is 2.36. The molecule has 0 radical (unpaired) electrons. The molecule has 10 N–H and O–H groups in total. The van der Waals surface area contributed by atoms with E-state index in [2.05, 4.69) is 46.9 Å². The number of benzene rings is 2. The van der Waals surface area contributed by atoms with Crippen molar-refractivity contribution >= 4 is 35.1 Å². The summed E-state index contributed by atoms with van der Waals surface area (Å²) in [5.41, 5.74) is 3.84. The Balaban J connectivity index is 0.830. The Bertz CT molecular complexity index is 2760. The van der Waals surface area contributed by atoms with Gasteiger partial charge in [-0.05, 0) is 56.4 Å². The Morgan fingerprint density at radius 3 is 1.85 bits per heavy atom. The van der Waals surface area contributed by atoms with Crippen molar-refractivity contribution in [3.05, 3.63) is 97.0 Å². The summed E-state index contributed by atoms with van der Waals surface area (Å²) >= 11 is 0. The maximum absolute atomic E-state index is 13.1. The molecule has 3 amide bonds. The number of carbonyl (C=O) groups is 4. The van der Waals surface area contributed by atoms with Crippen LogP contribution in [-0.2, 0) is 41.6 Å². The number of ether oxygens (including phenoxy) is 2. The van der Waals surface area contributed by atoms with Gasteiger partial charge in [-0.1, -0.05) is 65.4 Å². The molecule has 10 atom stereocenters. The zero-order chi connectivity index (χ0) is 52.9. The van der Waals surface area contributed by atoms with Crippen molar-refractivity contribution in [2.24, 2.45) is 5.92 Å². The fourth-order valence-electron chi connectivity index (χ4n) is 8.87. The Morgan fingerprint density at radius 1 is 0.703 bits per heavy atom. The summed E-state index contributed by atoms with van der Waals surface area (Å²) in [5.74, 6) is -3.22. The van der Waals surface area contributed by atoms with Gasteiger partial charge in [-0.15, -0.1) is 15.3 Å². The third-order valence-electron chi connectivity index (χ3n) is 12.8. The van der Waals surface area contributed by atoms with Gasteiger partial charge in [0.2, 0.25) is 23.5 Å². The lowest BCUT2D eigenvalue weighted by Crippen LogP contribution is -2.57. The van der Waals surface area contributed by atoms with Crippen molar-refractivity contribution in [1.82, 2.24) is 50.3 Å². The molecule has 0 unspecified atom stereocenters. The topological polar surface area (TPSA) is 357 Å². The van der Waals surface area contributed by atoms with Crippen molar-refractivity contribution < 1.29 is 64.4 Å². The van der Waals surface area contributed by atoms with Crippen LogP contribution in [-0.4, -0.2) is 160 Å². The van der Waals surface area contributed by atoms with Crippen LogP contribution in [0.5, 0.6) is 0 Å². The molecule has 0 aliphatic carbocycles. The molecule has 3 aromatic heterocycles. The second-order valence-electron chi connectivity index (χ2n) is 18.2. The largest absolute Gasteiger partial charge is 0.493 e. The first-order valence-corrected chi connectivity index (χ1v) is 24.3. The molecule has 0 saturated heterocycles. The van der Waals surface area contributed by atoms with Gasteiger partial charge in [0.25, 0.3) is 0 Å². The van der Waals surface area contributed by atoms with Crippen molar-refractivity contribution in [3.8, 4) is 22.5 Å². The summed E-state index contributed by atoms with van der Waals surface area (Å²) < 4.78 is 15.7. The zero-order valence-electron chi connectivity index (χ0n) is 40.7. The number of hydrogen-bond donors (Lipinski definition) is 10. The molecular weight excluding hydrogens is 965 g/mol. The van der Waals surface area contributed by atoms with E-state index in [1.807, 2.05) is 6.20 Å². The molecule has 5 heterocycles. The molecule has 2 aliphatic heterocycles. The number of aliphatic carboxylic acids is 1. The van der Waals surface area contributed by atoms with Gasteiger partial charge in [0.15, 0.2) is 0 Å². The molecule has 5 aromatic rings. The maximum Gasteiger partial charge on any atom is 0.370 e. The molecule has 25 nitrogen and oxygen atoms in total. The minimum Gasteiger partial charge on any atom is -0.493 e. The van der Waals surface area contributed by atoms with E-state index in [-0.39, 0.29) is 24.7 Å². The van der Waals surface area contributed by atoms with Crippen LogP contribution in [0, 0.1) is 5.92 Å². The van der Waals surface area contributed by atoms with Crippen molar-refractivity contribution in [1.29, 1.82) is 0 Å². The fraction of sp³-hybridized carbons (Fsp3) is 0.469. The number of anilines is 2. The Hall–Kier alpha value is -7.42. The summed E-state index contributed by atoms with van der Waals surface area (Å²) in [6, 6.07) is 11.9. The van der Waals surface area contributed by atoms with E-state index in [4.69, 9.17) is 9.47 Å². The van der Waals surface area contributed by atoms with Crippen molar-refractivity contribution in [2.75, 3.05) is 23.8 Å². The van der Waals surface area contributed by atoms with Crippen LogP contribution in [0.1, 0.15) is 76.6 Å². The normalized spacial score (nSPS) is 21.1. The van der Waals surface area contributed by atoms with Crippen molar-refractivity contribution in [3.63, 3.8) is 0 Å². The van der Waals surface area contributed by atoms with E-state index >= 15 is 0 Å². The smallest absolute Gasteiger partial charge is 0.370 e. The lowest BCUT2D eigenvalue weighted by Gasteiger charge is -2.38. The van der Waals surface area contributed by atoms with E-state index in [9.17, 15) is 54.9 Å². The van der Waals surface area contributed by atoms with Crippen molar-refractivity contribution in [2.45, 2.75) is 127 Å². The number of aliphatic hydroxyl groups is 6. The number of carbonyl (C=O) groups excluding carboxylic acids is 3. The summed E-state index contributed by atoms with van der Waals surface area (Å²) in [4.78, 5) is 50.2. The number of unbranched alkanes of at least 4 members (excludes halogenated alkanes) is 3. The molecule has 74 heavy (non-hydrogen) atoms. The highest BCUT2D eigenvalue weighted by molar-refractivity contribution is 5.95. The highest BCUT2D eigenvalue weighted by atomic mass is 16.5. The Morgan fingerprint density at radius 2 is 1.27 bits per heavy atom. The summed E-state index contributed by atoms with van der Waals surface area (Å²) in [6.07, 6.45) is 5.52. The number of amides is 3. The monoisotopic (exact) mass is 1030 g/mol. The minimum absolute atomic E-state index is 0.193. The molecule has 7 rings (SSSR count). The first-order valence-electron chi connectivity index (χ1n) is 24.3. The summed E-state index contributed by atoms with van der Waals surface area (Å²) in [7, 11) is 0. The van der Waals surface area contributed by atoms with Gasteiger partial charge in [-0.25, -0.2) is 14.2 Å². The molecule has 0 bridgehead atoms. The third-order valence-corrected chi connectivity index (χ3v) is 12.8. The van der Waals surface area contributed by atoms with Crippen LogP contribution in [0.4, 0.5) is 11.4 Å². The van der Waals surface area contributed by atoms with E-state index in [0.29, 0.717) is 66.1 Å². The first kappa shape index (κ1) is 54.4. The Kier molecular flexibility index (Phi) is 18.7. The molecule has 0 saturated carbocycles. The second kappa shape index (κ2) is 25.5. The second-order valence-corrected chi connectivity index (χ2v) is 18.2. The van der Waals surface area contributed by atoms with Crippen LogP contribution < -0.4 is 16.0 Å². The Labute approximate surface area is 424 Å². The predicted octanol–water partition coefficient (Wildman–Crippen LogP) is 1.28. The van der Waals surface area contributed by atoms with Crippen LogP contribution in [0.2, 0.25) is 0 Å². The van der Waals surface area contributed by atoms with Gasteiger partial charge in [-0.3, -0.25) is 19.1 Å². The number of hydrogen-bond acceptors (Lipinski definition) is 18. The standard InChI is InChI=1S/C49H62N12O13/c1-28-38(22-41(49(71)72)74-47(28)45(69)39(65)26-62)61-25-36(55-58-61)32-14-7-9-16-34(32)51-42(67)17-4-3-11-20-59-23-30(53-56-59)12-5-10-18-43(68)52-33-15-8-6-13-31(33)35-24-60(57-54-35)37-19-21-73-48(44(37)50-29(2)64)46(70)40(66)27-63/h6-9,13-16,19,21-25,28,37-40,44-48,62-63,65-66,69-70H,3-5,10-12,17-18,20,26-27H2,1-2H3,(H,50,64)(H,51,67)(H,52,68)(H,71,72)/t28-,37-,38+,39-,40+,44+,45-,46+,47-,48+/m1/s1. The lowest BCUT2D eigenvalue weighted by atomic mass is 9.87. The number of nitrogens with one attached hydrogen (secondary N) is 3. The number of aliphatic hydroxyl groups excluding tert-OH is 6. The van der Waals surface area contributed by atoms with Gasteiger partial charge < -0.3 is 61.2 Å². The first-order chi connectivity index (χ1) is 35.6. The van der Waals surface area contributed by atoms with Crippen LogP contribution in [0.3, 0.4) is 0 Å². The van der Waals surface area contributed by atoms with Gasteiger partial charge in [-0.2, -0.15) is 0 Å². The lowest BCUT2D eigenvalue weighted by molar-refractivity contribution is -0.148. The van der Waals surface area contributed by atoms with Gasteiger partial charge in [0.1, 0.15) is 48.0 Å². The molecule has 2 aromatic carbocycles. The molecule has 25 heteroatoms. The molecule has 0 fully saturated rings. The number of aryl methyl sites for hydroxylation is 2. The van der Waals surface area contributed by atoms with E-state index in [1.165, 1.54) is 28.6 Å². The van der Waals surface area contributed by atoms with Gasteiger partial charge in [0.05, 0.1) is 67.1 Å². The third kappa shape index (κ3) is 13.6. The molecule has 0 spiro atoms. The zero-order valence-corrected chi connectivity index (χ0v) is 40.7. The fourth-order valence-corrected chi connectivity index (χ4v) is 8.87. The number of rotatable bonds is 25. The van der Waals surface area contributed by atoms with E-state index in [0.717, 1.165) is 18.5 Å². The summed E-state index contributed by atoms with van der Waals surface area (Å²) in [5, 5.41) is 104. The average molecular weight is 1030 g/mol. The number of carboxylic acid groups (broad SMARTS) is 1. The minimum atomic E-state index is -1.58. The predicted molar refractivity (Wildman–Crippen MR) is 262 cm³/mol. The quantitative estimate of drug-likeness (QED) is 0.0368. The SMILES string of the molecule is CC(=O)N[C@@H]1[C@@H]([C@@H](O)[C@@H](O)CO)OC=C[C@H]1n1cc(-c2ccccc2NC(=O)CCCCc2cn(CCCCCC(=O)Nc3ccccc3-c3cn([C@H]4C=C(C(=O)O)O[C@@H]([C@H](O)[C@H](O)CO)[C@@H]4C)nn3)nn2)nn1. The van der Waals surface area contributed by atoms with E-state index < -0.39 is 91.5 Å². The van der Waals surface area contributed by atoms with Crippen LogP contribution >= 0.6 is 0 Å². The number of nitrogens with zero attached hydrogens (tertiary/aromatic N) is 9. The number of allylic oxidation sites excluding steroid dienone is 1. The van der Waals surface area contributed by atoms with Crippen LogP contribution in [0.25, 0.3) is 22.5 Å². The molecule has 2 aliphatic rings. The maximum atomic E-state index is 13.1. The molecule has 396 valence electrons. The highest BCUT2D eigenvalue weighted by Gasteiger charge is 2.43. The molecular formula is C49H62N12O13. The average Bonchev–Trinajstić information content (AvgIpc) is 4.20.